The third-order valence-corrected chi connectivity index (χ3v) is 8.42. The number of amides is 3. The zero-order chi connectivity index (χ0) is 27.4. The van der Waals surface area contributed by atoms with Crippen molar-refractivity contribution in [2.75, 3.05) is 52.5 Å². The molecule has 0 radical (unpaired) electrons. The average Bonchev–Trinajstić information content (AvgIpc) is 2.85. The Bertz CT molecular complexity index is 1220. The molecule has 4 heterocycles. The van der Waals surface area contributed by atoms with Crippen molar-refractivity contribution in [3.05, 3.63) is 21.1 Å². The molecule has 2 saturated heterocycles. The number of aliphatic imine (C=N–C) groups is 1. The third-order valence-electron chi connectivity index (χ3n) is 7.10. The number of halogens is 2. The fourth-order valence-electron chi connectivity index (χ4n) is 5.28. The molecule has 0 unspecified atom stereocenters. The molecule has 2 fully saturated rings. The van der Waals surface area contributed by atoms with Gasteiger partial charge < -0.3 is 24.0 Å². The fourth-order valence-corrected chi connectivity index (χ4v) is 5.89. The zero-order valence-electron chi connectivity index (χ0n) is 22.4. The van der Waals surface area contributed by atoms with Gasteiger partial charge in [0.1, 0.15) is 17.9 Å². The minimum absolute atomic E-state index is 0.115. The van der Waals surface area contributed by atoms with Gasteiger partial charge in [0.05, 0.1) is 34.8 Å². The monoisotopic (exact) mass is 610 g/mol. The smallest absolute Gasteiger partial charge is 0.480 e. The molecule has 0 bridgehead atoms. The molecule has 0 spiro atoms. The van der Waals surface area contributed by atoms with Gasteiger partial charge in [-0.3, -0.25) is 4.90 Å². The van der Waals surface area contributed by atoms with Gasteiger partial charge in [0.15, 0.2) is 11.4 Å². The number of rotatable bonds is 2. The highest BCUT2D eigenvalue weighted by Crippen LogP contribution is 2.46. The summed E-state index contributed by atoms with van der Waals surface area (Å²) in [5, 5.41) is 0.477. The molecule has 12 heteroatoms. The van der Waals surface area contributed by atoms with Crippen molar-refractivity contribution in [3.8, 4) is 5.75 Å². The van der Waals surface area contributed by atoms with Crippen molar-refractivity contribution in [1.82, 2.24) is 14.7 Å². The van der Waals surface area contributed by atoms with Crippen molar-refractivity contribution in [2.24, 2.45) is 4.99 Å². The van der Waals surface area contributed by atoms with Crippen molar-refractivity contribution in [3.63, 3.8) is 0 Å². The van der Waals surface area contributed by atoms with E-state index < -0.39 is 5.60 Å². The molecular formula is C26H34BrClN5O5+. The number of carbonyl (C=O) groups is 2. The first kappa shape index (κ1) is 27.4. The number of nitrogens with zero attached hydrogens (tertiary/aromatic N) is 5. The molecule has 38 heavy (non-hydrogen) atoms. The van der Waals surface area contributed by atoms with Crippen LogP contribution in [0.3, 0.4) is 0 Å². The molecule has 1 aromatic carbocycles. The average molecular weight is 612 g/mol. The van der Waals surface area contributed by atoms with E-state index in [0.717, 1.165) is 24.4 Å². The third kappa shape index (κ3) is 5.17. The zero-order valence-corrected chi connectivity index (χ0v) is 24.8. The number of hydrogen-bond acceptors (Lipinski definition) is 7. The number of carbonyl (C=O) groups excluding carboxylic acids is 2. The first-order valence-electron chi connectivity index (χ1n) is 12.9. The highest BCUT2D eigenvalue weighted by atomic mass is 79.9. The summed E-state index contributed by atoms with van der Waals surface area (Å²) in [5.41, 5.74) is 1.64. The van der Waals surface area contributed by atoms with Gasteiger partial charge in [-0.25, -0.2) is 4.79 Å². The summed E-state index contributed by atoms with van der Waals surface area (Å²) in [4.78, 5) is 37.2. The normalized spacial score (nSPS) is 24.2. The molecule has 4 aliphatic rings. The van der Waals surface area contributed by atoms with Gasteiger partial charge in [0, 0.05) is 43.3 Å². The summed E-state index contributed by atoms with van der Waals surface area (Å²) in [6, 6.07) is 1.21. The maximum atomic E-state index is 13.7. The highest BCUT2D eigenvalue weighted by Gasteiger charge is 2.46. The number of morpholine rings is 1. The van der Waals surface area contributed by atoms with E-state index in [0.29, 0.717) is 59.6 Å². The van der Waals surface area contributed by atoms with Gasteiger partial charge in [0.2, 0.25) is 0 Å². The Labute approximate surface area is 236 Å². The van der Waals surface area contributed by atoms with E-state index in [9.17, 15) is 9.59 Å². The second-order valence-electron chi connectivity index (χ2n) is 11.2. The van der Waals surface area contributed by atoms with E-state index in [-0.39, 0.29) is 30.8 Å². The van der Waals surface area contributed by atoms with Crippen LogP contribution >= 0.6 is 27.5 Å². The van der Waals surface area contributed by atoms with E-state index in [1.54, 1.807) is 9.48 Å². The topological polar surface area (TPSA) is 86.9 Å². The number of piperazine rings is 1. The molecule has 4 aliphatic heterocycles. The molecule has 0 aromatic heterocycles. The van der Waals surface area contributed by atoms with E-state index >= 15 is 0 Å². The lowest BCUT2D eigenvalue weighted by molar-refractivity contribution is -0.340. The van der Waals surface area contributed by atoms with Gasteiger partial charge in [0.25, 0.3) is 5.84 Å². The van der Waals surface area contributed by atoms with Crippen LogP contribution in [0, 0.1) is 0 Å². The van der Waals surface area contributed by atoms with E-state index in [4.69, 9.17) is 25.8 Å². The van der Waals surface area contributed by atoms with Crippen LogP contribution in [0.2, 0.25) is 5.02 Å². The van der Waals surface area contributed by atoms with Crippen LogP contribution in [0.25, 0.3) is 0 Å². The molecule has 0 N–H and O–H groups in total. The lowest BCUT2D eigenvalue weighted by Gasteiger charge is -2.44. The molecule has 206 valence electrons. The highest BCUT2D eigenvalue weighted by molar-refractivity contribution is 9.10. The minimum atomic E-state index is -0.580. The number of amidine groups is 1. The summed E-state index contributed by atoms with van der Waals surface area (Å²) >= 11 is 10.2. The first-order chi connectivity index (χ1) is 17.9. The molecule has 3 amide bonds. The summed E-state index contributed by atoms with van der Waals surface area (Å²) < 4.78 is 19.6. The summed E-state index contributed by atoms with van der Waals surface area (Å²) in [6.45, 7) is 14.2. The first-order valence-corrected chi connectivity index (χ1v) is 14.1. The van der Waals surface area contributed by atoms with Crippen LogP contribution in [0.15, 0.2) is 15.5 Å². The van der Waals surface area contributed by atoms with Gasteiger partial charge in [-0.15, -0.1) is 0 Å². The van der Waals surface area contributed by atoms with Gasteiger partial charge in [-0.05, 0) is 56.6 Å². The number of hydrogen-bond donors (Lipinski definition) is 0. The predicted molar refractivity (Wildman–Crippen MR) is 147 cm³/mol. The van der Waals surface area contributed by atoms with Crippen molar-refractivity contribution >= 4 is 56.9 Å². The number of urea groups is 1. The molecule has 10 nitrogen and oxygen atoms in total. The van der Waals surface area contributed by atoms with Crippen LogP contribution in [0.1, 0.15) is 40.2 Å². The Balaban J connectivity index is 1.50. The fraction of sp³-hybridized carbons (Fsp3) is 0.615. The summed E-state index contributed by atoms with van der Waals surface area (Å²) in [5.74, 6) is 1.07. The van der Waals surface area contributed by atoms with Crippen LogP contribution in [0.5, 0.6) is 5.75 Å². The quantitative estimate of drug-likeness (QED) is 0.465. The summed E-state index contributed by atoms with van der Waals surface area (Å²) in [6.07, 6.45) is -0.343. The lowest BCUT2D eigenvalue weighted by Crippen LogP contribution is -2.60. The Morgan fingerprint density at radius 1 is 1.24 bits per heavy atom. The molecule has 5 rings (SSSR count). The van der Waals surface area contributed by atoms with Gasteiger partial charge in [-0.1, -0.05) is 11.6 Å². The standard InChI is InChI=1S/C26H34BrClN5O5/c1-15-12-32(25(35)38-26(3,4)5)16(2)11-31(15)23-18-10-19(28)20(27)22-21(18)33(24(34)29-23)17(14-37-22)13-30-6-8-36-9-7-30/h10,15-16H,6-9,11-14H2,1-5H3/q+1/t15-,16+/m0/s1. The molecule has 2 atom stereocenters. The number of ether oxygens (including phenoxy) is 3. The maximum Gasteiger partial charge on any atom is 0.547 e. The maximum absolute atomic E-state index is 13.7. The van der Waals surface area contributed by atoms with E-state index in [1.165, 1.54) is 0 Å². The van der Waals surface area contributed by atoms with Gasteiger partial charge in [-0.2, -0.15) is 9.37 Å². The molecule has 0 aliphatic carbocycles. The van der Waals surface area contributed by atoms with Gasteiger partial charge >= 0.3 is 12.1 Å². The van der Waals surface area contributed by atoms with Crippen LogP contribution in [-0.2, 0) is 9.47 Å². The Morgan fingerprint density at radius 3 is 2.63 bits per heavy atom. The molecule has 0 saturated carbocycles. The predicted octanol–water partition coefficient (Wildman–Crippen LogP) is 4.12. The van der Waals surface area contributed by atoms with Crippen LogP contribution in [0.4, 0.5) is 15.3 Å². The Hall–Kier alpha value is -2.21. The largest absolute Gasteiger partial charge is 0.547 e. The van der Waals surface area contributed by atoms with Crippen LogP contribution in [-0.4, -0.2) is 113 Å². The Morgan fingerprint density at radius 2 is 1.95 bits per heavy atom. The van der Waals surface area contributed by atoms with E-state index in [1.807, 2.05) is 40.7 Å². The Kier molecular flexibility index (Phi) is 7.49. The minimum Gasteiger partial charge on any atom is -0.480 e. The number of benzene rings is 1. The lowest BCUT2D eigenvalue weighted by atomic mass is 10.0. The second-order valence-corrected chi connectivity index (χ2v) is 12.4. The van der Waals surface area contributed by atoms with Crippen molar-refractivity contribution < 1.29 is 28.4 Å². The van der Waals surface area contributed by atoms with Crippen molar-refractivity contribution in [2.45, 2.75) is 52.3 Å². The van der Waals surface area contributed by atoms with E-state index in [2.05, 4.69) is 30.7 Å². The summed E-state index contributed by atoms with van der Waals surface area (Å²) in [7, 11) is 0. The van der Waals surface area contributed by atoms with Crippen molar-refractivity contribution in [1.29, 1.82) is 0 Å². The SMILES string of the molecule is C[C@@H]1CN(C2=NC(=O)[N+]3=C(CN4CCOCC4)COc4c(Br)c(Cl)cc2c43)[C@@H](C)CN1C(=O)OC(C)(C)C. The molecule has 1 aromatic rings. The van der Waals surface area contributed by atoms with Crippen LogP contribution < -0.4 is 4.74 Å². The molecular weight excluding hydrogens is 578 g/mol. The second kappa shape index (κ2) is 10.4.